The SMILES string of the molecule is CCCNC(c1ccc(-c2ccccc2)cc1)C1CC1C. The van der Waals surface area contributed by atoms with Gasteiger partial charge in [0.05, 0.1) is 0 Å². The molecule has 2 aromatic carbocycles. The van der Waals surface area contributed by atoms with Gasteiger partial charge in [0.15, 0.2) is 0 Å². The minimum atomic E-state index is 0.532. The number of benzene rings is 2. The predicted molar refractivity (Wildman–Crippen MR) is 90.2 cm³/mol. The second-order valence-corrected chi connectivity index (χ2v) is 6.30. The highest BCUT2D eigenvalue weighted by Gasteiger charge is 2.39. The molecule has 1 aliphatic carbocycles. The Kier molecular flexibility index (Phi) is 4.40. The van der Waals surface area contributed by atoms with Crippen LogP contribution >= 0.6 is 0 Å². The van der Waals surface area contributed by atoms with Gasteiger partial charge in [-0.15, -0.1) is 0 Å². The first kappa shape index (κ1) is 14.3. The van der Waals surface area contributed by atoms with E-state index in [1.165, 1.54) is 29.5 Å². The molecule has 1 nitrogen and oxygen atoms in total. The van der Waals surface area contributed by atoms with Crippen molar-refractivity contribution in [3.63, 3.8) is 0 Å². The van der Waals surface area contributed by atoms with Crippen LogP contribution < -0.4 is 5.32 Å². The van der Waals surface area contributed by atoms with E-state index in [1.54, 1.807) is 0 Å². The average Bonchev–Trinajstić information content (AvgIpc) is 3.26. The third kappa shape index (κ3) is 3.36. The summed E-state index contributed by atoms with van der Waals surface area (Å²) in [5, 5.41) is 3.74. The standard InChI is InChI=1S/C20H25N/c1-3-13-21-20(19-14-15(19)2)18-11-9-17(10-12-18)16-7-5-4-6-8-16/h4-12,15,19-21H,3,13-14H2,1-2H3. The second-order valence-electron chi connectivity index (χ2n) is 6.30. The fourth-order valence-electron chi connectivity index (χ4n) is 3.15. The zero-order valence-electron chi connectivity index (χ0n) is 13.0. The number of hydrogen-bond acceptors (Lipinski definition) is 1. The first-order chi connectivity index (χ1) is 10.3. The van der Waals surface area contributed by atoms with Crippen LogP contribution in [0.2, 0.25) is 0 Å². The van der Waals surface area contributed by atoms with E-state index in [0.717, 1.165) is 18.4 Å². The molecule has 0 heterocycles. The Bertz CT molecular complexity index is 558. The van der Waals surface area contributed by atoms with Gasteiger partial charge in [0.2, 0.25) is 0 Å². The molecule has 0 saturated heterocycles. The van der Waals surface area contributed by atoms with Gasteiger partial charge in [0.1, 0.15) is 0 Å². The Balaban J connectivity index is 1.78. The Morgan fingerprint density at radius 2 is 1.62 bits per heavy atom. The smallest absolute Gasteiger partial charge is 0.0351 e. The molecular weight excluding hydrogens is 254 g/mol. The Labute approximate surface area is 128 Å². The first-order valence-electron chi connectivity index (χ1n) is 8.18. The zero-order chi connectivity index (χ0) is 14.7. The highest BCUT2D eigenvalue weighted by molar-refractivity contribution is 5.63. The molecule has 0 aliphatic heterocycles. The van der Waals surface area contributed by atoms with Crippen LogP contribution in [0.4, 0.5) is 0 Å². The van der Waals surface area contributed by atoms with Crippen molar-refractivity contribution >= 4 is 0 Å². The summed E-state index contributed by atoms with van der Waals surface area (Å²) < 4.78 is 0. The van der Waals surface area contributed by atoms with Gasteiger partial charge in [-0.1, -0.05) is 68.4 Å². The average molecular weight is 279 g/mol. The van der Waals surface area contributed by atoms with Gasteiger partial charge in [-0.25, -0.2) is 0 Å². The molecule has 3 atom stereocenters. The number of nitrogens with one attached hydrogen (secondary N) is 1. The highest BCUT2D eigenvalue weighted by atomic mass is 14.9. The van der Waals surface area contributed by atoms with Gasteiger partial charge in [0, 0.05) is 6.04 Å². The number of hydrogen-bond donors (Lipinski definition) is 1. The molecule has 0 spiro atoms. The van der Waals surface area contributed by atoms with Gasteiger partial charge in [-0.3, -0.25) is 0 Å². The predicted octanol–water partition coefficient (Wildman–Crippen LogP) is 5.05. The van der Waals surface area contributed by atoms with E-state index < -0.39 is 0 Å². The maximum absolute atomic E-state index is 3.74. The summed E-state index contributed by atoms with van der Waals surface area (Å²) in [6.45, 7) is 5.71. The van der Waals surface area contributed by atoms with Crippen molar-refractivity contribution in [2.75, 3.05) is 6.54 Å². The lowest BCUT2D eigenvalue weighted by Gasteiger charge is -2.19. The fourth-order valence-corrected chi connectivity index (χ4v) is 3.15. The zero-order valence-corrected chi connectivity index (χ0v) is 13.0. The van der Waals surface area contributed by atoms with E-state index in [0.29, 0.717) is 6.04 Å². The maximum Gasteiger partial charge on any atom is 0.0351 e. The van der Waals surface area contributed by atoms with E-state index in [4.69, 9.17) is 0 Å². The fraction of sp³-hybridized carbons (Fsp3) is 0.400. The van der Waals surface area contributed by atoms with E-state index >= 15 is 0 Å². The van der Waals surface area contributed by atoms with Crippen molar-refractivity contribution in [1.82, 2.24) is 5.32 Å². The van der Waals surface area contributed by atoms with Gasteiger partial charge in [0.25, 0.3) is 0 Å². The summed E-state index contributed by atoms with van der Waals surface area (Å²) in [7, 11) is 0. The first-order valence-corrected chi connectivity index (χ1v) is 8.18. The van der Waals surface area contributed by atoms with Crippen LogP contribution in [-0.4, -0.2) is 6.54 Å². The summed E-state index contributed by atoms with van der Waals surface area (Å²) >= 11 is 0. The van der Waals surface area contributed by atoms with Gasteiger partial charge < -0.3 is 5.32 Å². The minimum Gasteiger partial charge on any atom is -0.310 e. The molecule has 0 bridgehead atoms. The third-order valence-electron chi connectivity index (χ3n) is 4.59. The van der Waals surface area contributed by atoms with Crippen LogP contribution in [0.15, 0.2) is 54.6 Å². The molecule has 21 heavy (non-hydrogen) atoms. The number of rotatable bonds is 6. The summed E-state index contributed by atoms with van der Waals surface area (Å²) in [5.41, 5.74) is 4.04. The minimum absolute atomic E-state index is 0.532. The molecule has 1 heteroatoms. The van der Waals surface area contributed by atoms with Crippen LogP contribution in [0.1, 0.15) is 38.3 Å². The highest BCUT2D eigenvalue weighted by Crippen LogP contribution is 2.47. The molecule has 3 unspecified atom stereocenters. The lowest BCUT2D eigenvalue weighted by atomic mass is 9.97. The van der Waals surface area contributed by atoms with Gasteiger partial charge in [-0.2, -0.15) is 0 Å². The quantitative estimate of drug-likeness (QED) is 0.780. The van der Waals surface area contributed by atoms with E-state index in [9.17, 15) is 0 Å². The molecule has 1 saturated carbocycles. The molecule has 110 valence electrons. The van der Waals surface area contributed by atoms with Gasteiger partial charge in [-0.05, 0) is 47.9 Å². The molecule has 0 radical (unpaired) electrons. The van der Waals surface area contributed by atoms with Crippen LogP contribution in [-0.2, 0) is 0 Å². The monoisotopic (exact) mass is 279 g/mol. The largest absolute Gasteiger partial charge is 0.310 e. The van der Waals surface area contributed by atoms with Crippen molar-refractivity contribution < 1.29 is 0 Å². The summed E-state index contributed by atoms with van der Waals surface area (Å²) in [6.07, 6.45) is 2.56. The van der Waals surface area contributed by atoms with Crippen molar-refractivity contribution in [1.29, 1.82) is 0 Å². The van der Waals surface area contributed by atoms with Crippen LogP contribution in [0, 0.1) is 11.8 Å². The molecular formula is C20H25N. The van der Waals surface area contributed by atoms with Crippen molar-refractivity contribution in [2.24, 2.45) is 11.8 Å². The molecule has 0 aromatic heterocycles. The topological polar surface area (TPSA) is 12.0 Å². The van der Waals surface area contributed by atoms with Crippen LogP contribution in [0.3, 0.4) is 0 Å². The molecule has 3 rings (SSSR count). The van der Waals surface area contributed by atoms with Crippen molar-refractivity contribution in [3.8, 4) is 11.1 Å². The lowest BCUT2D eigenvalue weighted by Crippen LogP contribution is -2.24. The molecule has 2 aromatic rings. The molecule has 0 amide bonds. The van der Waals surface area contributed by atoms with E-state index in [-0.39, 0.29) is 0 Å². The van der Waals surface area contributed by atoms with Crippen LogP contribution in [0.5, 0.6) is 0 Å². The molecule has 1 N–H and O–H groups in total. The second kappa shape index (κ2) is 6.44. The molecule has 1 fully saturated rings. The van der Waals surface area contributed by atoms with Gasteiger partial charge >= 0.3 is 0 Å². The summed E-state index contributed by atoms with van der Waals surface area (Å²) in [5.74, 6) is 1.69. The Hall–Kier alpha value is -1.60. The molecule has 1 aliphatic rings. The van der Waals surface area contributed by atoms with Crippen molar-refractivity contribution in [3.05, 3.63) is 60.2 Å². The lowest BCUT2D eigenvalue weighted by molar-refractivity contribution is 0.463. The Morgan fingerprint density at radius 1 is 1.00 bits per heavy atom. The summed E-state index contributed by atoms with van der Waals surface area (Å²) in [6, 6.07) is 20.3. The maximum atomic E-state index is 3.74. The Morgan fingerprint density at radius 3 is 2.19 bits per heavy atom. The van der Waals surface area contributed by atoms with E-state index in [2.05, 4.69) is 73.8 Å². The van der Waals surface area contributed by atoms with Crippen LogP contribution in [0.25, 0.3) is 11.1 Å². The van der Waals surface area contributed by atoms with E-state index in [1.807, 2.05) is 0 Å². The summed E-state index contributed by atoms with van der Waals surface area (Å²) in [4.78, 5) is 0. The van der Waals surface area contributed by atoms with Crippen molar-refractivity contribution in [2.45, 2.75) is 32.7 Å². The normalized spacial score (nSPS) is 22.0. The third-order valence-corrected chi connectivity index (χ3v) is 4.59.